The Kier molecular flexibility index (Phi) is 6.91. The molecule has 0 heterocycles. The number of fused-ring (bicyclic) bond motifs is 3. The lowest BCUT2D eigenvalue weighted by Gasteiger charge is -2.35. The fourth-order valence-electron chi connectivity index (χ4n) is 5.16. The molecular weight excluding hydrogens is 432 g/mol. The zero-order chi connectivity index (χ0) is 24.3. The number of rotatable bonds is 7. The van der Waals surface area contributed by atoms with Gasteiger partial charge in [-0.05, 0) is 41.0 Å². The summed E-state index contributed by atoms with van der Waals surface area (Å²) in [5.74, 6) is -1.84. The summed E-state index contributed by atoms with van der Waals surface area (Å²) in [4.78, 5) is 37.7. The Labute approximate surface area is 199 Å². The molecule has 1 atom stereocenters. The number of carboxylic acids is 1. The van der Waals surface area contributed by atoms with Crippen molar-refractivity contribution in [2.75, 3.05) is 6.61 Å². The highest BCUT2D eigenvalue weighted by Crippen LogP contribution is 2.44. The van der Waals surface area contributed by atoms with E-state index >= 15 is 0 Å². The average molecular weight is 465 g/mol. The van der Waals surface area contributed by atoms with Crippen LogP contribution in [0.25, 0.3) is 11.1 Å². The van der Waals surface area contributed by atoms with E-state index in [1.54, 1.807) is 0 Å². The molecule has 0 radical (unpaired) electrons. The minimum Gasteiger partial charge on any atom is -0.480 e. The molecule has 3 N–H and O–H groups in total. The summed E-state index contributed by atoms with van der Waals surface area (Å²) in [6.45, 7) is 3.76. The molecule has 2 aliphatic carbocycles. The summed E-state index contributed by atoms with van der Waals surface area (Å²) in [6, 6.07) is 15.3. The van der Waals surface area contributed by atoms with E-state index in [1.165, 1.54) is 0 Å². The molecule has 1 fully saturated rings. The zero-order valence-electron chi connectivity index (χ0n) is 19.7. The first-order valence-corrected chi connectivity index (χ1v) is 12.0. The summed E-state index contributed by atoms with van der Waals surface area (Å²) in [7, 11) is 0. The van der Waals surface area contributed by atoms with E-state index in [0.717, 1.165) is 41.5 Å². The van der Waals surface area contributed by atoms with Crippen molar-refractivity contribution in [2.24, 2.45) is 5.92 Å². The highest BCUT2D eigenvalue weighted by Gasteiger charge is 2.42. The Morgan fingerprint density at radius 1 is 0.971 bits per heavy atom. The lowest BCUT2D eigenvalue weighted by molar-refractivity contribution is -0.149. The highest BCUT2D eigenvalue weighted by molar-refractivity contribution is 5.91. The molecule has 0 spiro atoms. The van der Waals surface area contributed by atoms with Crippen molar-refractivity contribution in [3.05, 3.63) is 59.7 Å². The minimum atomic E-state index is -1.27. The van der Waals surface area contributed by atoms with Gasteiger partial charge in [0.2, 0.25) is 5.91 Å². The first kappa shape index (κ1) is 23.8. The van der Waals surface area contributed by atoms with Gasteiger partial charge >= 0.3 is 12.1 Å². The number of carbonyl (C=O) groups is 3. The van der Waals surface area contributed by atoms with Crippen LogP contribution in [0.5, 0.6) is 0 Å². The summed E-state index contributed by atoms with van der Waals surface area (Å²) in [5.41, 5.74) is 3.22. The van der Waals surface area contributed by atoms with E-state index < -0.39 is 29.6 Å². The lowest BCUT2D eigenvalue weighted by Crippen LogP contribution is -2.61. The van der Waals surface area contributed by atoms with Gasteiger partial charge in [0.15, 0.2) is 0 Å². The van der Waals surface area contributed by atoms with Gasteiger partial charge in [-0.25, -0.2) is 9.59 Å². The second-order valence-electron chi connectivity index (χ2n) is 9.63. The molecule has 180 valence electrons. The predicted octanol–water partition coefficient (Wildman–Crippen LogP) is 4.45. The quantitative estimate of drug-likeness (QED) is 0.561. The van der Waals surface area contributed by atoms with E-state index in [2.05, 4.69) is 22.8 Å². The summed E-state index contributed by atoms with van der Waals surface area (Å²) < 4.78 is 5.59. The number of nitrogens with one attached hydrogen (secondary N) is 2. The van der Waals surface area contributed by atoms with Gasteiger partial charge in [0.1, 0.15) is 18.2 Å². The van der Waals surface area contributed by atoms with Crippen LogP contribution in [0.4, 0.5) is 4.79 Å². The van der Waals surface area contributed by atoms with Crippen molar-refractivity contribution in [3.63, 3.8) is 0 Å². The first-order valence-electron chi connectivity index (χ1n) is 12.0. The first-order chi connectivity index (χ1) is 16.3. The fraction of sp³-hybridized carbons (Fsp3) is 0.444. The number of carboxylic acid groups (broad SMARTS) is 1. The summed E-state index contributed by atoms with van der Waals surface area (Å²) in [6.07, 6.45) is 2.55. The van der Waals surface area contributed by atoms with E-state index in [-0.39, 0.29) is 18.4 Å². The zero-order valence-corrected chi connectivity index (χ0v) is 19.7. The van der Waals surface area contributed by atoms with Gasteiger partial charge in [-0.3, -0.25) is 4.79 Å². The lowest BCUT2D eigenvalue weighted by atomic mass is 9.81. The van der Waals surface area contributed by atoms with Crippen LogP contribution in [0.2, 0.25) is 0 Å². The monoisotopic (exact) mass is 464 g/mol. The van der Waals surface area contributed by atoms with Crippen molar-refractivity contribution >= 4 is 18.0 Å². The third-order valence-corrected chi connectivity index (χ3v) is 7.05. The molecule has 0 aliphatic heterocycles. The topological polar surface area (TPSA) is 105 Å². The second-order valence-corrected chi connectivity index (χ2v) is 9.63. The maximum atomic E-state index is 13.0. The Morgan fingerprint density at radius 2 is 1.53 bits per heavy atom. The van der Waals surface area contributed by atoms with Crippen molar-refractivity contribution < 1.29 is 24.2 Å². The van der Waals surface area contributed by atoms with Crippen LogP contribution >= 0.6 is 0 Å². The number of aliphatic carboxylic acids is 1. The van der Waals surface area contributed by atoms with Crippen LogP contribution in [0.1, 0.15) is 63.0 Å². The molecule has 2 aromatic carbocycles. The molecule has 7 heteroatoms. The van der Waals surface area contributed by atoms with Gasteiger partial charge < -0.3 is 20.5 Å². The SMILES string of the molecule is CC(C)[C@@H](NC(=O)OCC1c2ccccc2-c2ccccc21)C(=O)NC1(C(=O)O)CCCCC1. The molecule has 0 bridgehead atoms. The van der Waals surface area contributed by atoms with Crippen LogP contribution < -0.4 is 10.6 Å². The van der Waals surface area contributed by atoms with Crippen LogP contribution in [0.3, 0.4) is 0 Å². The molecule has 1 saturated carbocycles. The molecule has 0 saturated heterocycles. The average Bonchev–Trinajstić information content (AvgIpc) is 3.15. The molecule has 34 heavy (non-hydrogen) atoms. The van der Waals surface area contributed by atoms with Crippen molar-refractivity contribution in [1.82, 2.24) is 10.6 Å². The Hall–Kier alpha value is -3.35. The molecule has 0 aromatic heterocycles. The summed E-state index contributed by atoms with van der Waals surface area (Å²) >= 11 is 0. The van der Waals surface area contributed by atoms with Crippen molar-refractivity contribution in [1.29, 1.82) is 0 Å². The van der Waals surface area contributed by atoms with Crippen molar-refractivity contribution in [3.8, 4) is 11.1 Å². The van der Waals surface area contributed by atoms with E-state index in [0.29, 0.717) is 12.8 Å². The maximum absolute atomic E-state index is 13.0. The van der Waals surface area contributed by atoms with Gasteiger partial charge in [0, 0.05) is 5.92 Å². The fourth-order valence-corrected chi connectivity index (χ4v) is 5.16. The summed E-state index contributed by atoms with van der Waals surface area (Å²) in [5, 5.41) is 15.2. The third-order valence-electron chi connectivity index (χ3n) is 7.05. The van der Waals surface area contributed by atoms with Crippen LogP contribution in [-0.4, -0.2) is 41.3 Å². The molecule has 2 aromatic rings. The number of amides is 2. The van der Waals surface area contributed by atoms with Gasteiger partial charge in [-0.15, -0.1) is 0 Å². The normalized spacial score (nSPS) is 17.4. The molecule has 2 aliphatic rings. The Bertz CT molecular complexity index is 1030. The number of ether oxygens (including phenoxy) is 1. The smallest absolute Gasteiger partial charge is 0.407 e. The predicted molar refractivity (Wildman–Crippen MR) is 128 cm³/mol. The molecular formula is C27H32N2O5. The van der Waals surface area contributed by atoms with Crippen LogP contribution in [0, 0.1) is 5.92 Å². The van der Waals surface area contributed by atoms with Gasteiger partial charge in [0.05, 0.1) is 0 Å². The minimum absolute atomic E-state index is 0.0815. The van der Waals surface area contributed by atoms with Crippen molar-refractivity contribution in [2.45, 2.75) is 63.5 Å². The molecule has 0 unspecified atom stereocenters. The molecule has 2 amide bonds. The largest absolute Gasteiger partial charge is 0.480 e. The Balaban J connectivity index is 1.42. The standard InChI is InChI=1S/C27H32N2O5/c1-17(2)23(24(30)29-27(25(31)32)14-8-3-9-15-27)28-26(33)34-16-22-20-12-6-4-10-18(20)19-11-5-7-13-21(19)22/h4-7,10-13,17,22-23H,3,8-9,14-16H2,1-2H3,(H,28,33)(H,29,30)(H,31,32)/t23-/m1/s1. The number of alkyl carbamates (subject to hydrolysis) is 1. The van der Waals surface area contributed by atoms with E-state index in [1.807, 2.05) is 50.2 Å². The highest BCUT2D eigenvalue weighted by atomic mass is 16.5. The number of carbonyl (C=O) groups excluding carboxylic acids is 2. The van der Waals surface area contributed by atoms with Gasteiger partial charge in [-0.2, -0.15) is 0 Å². The molecule has 4 rings (SSSR count). The van der Waals surface area contributed by atoms with Crippen LogP contribution in [0.15, 0.2) is 48.5 Å². The maximum Gasteiger partial charge on any atom is 0.407 e. The number of benzene rings is 2. The van der Waals surface area contributed by atoms with Gasteiger partial charge in [-0.1, -0.05) is 81.6 Å². The molecule has 7 nitrogen and oxygen atoms in total. The van der Waals surface area contributed by atoms with Gasteiger partial charge in [0.25, 0.3) is 0 Å². The number of hydrogen-bond acceptors (Lipinski definition) is 4. The van der Waals surface area contributed by atoms with Crippen LogP contribution in [-0.2, 0) is 14.3 Å². The van der Waals surface area contributed by atoms with E-state index in [4.69, 9.17) is 4.74 Å². The third kappa shape index (κ3) is 4.65. The second kappa shape index (κ2) is 9.87. The van der Waals surface area contributed by atoms with E-state index in [9.17, 15) is 19.5 Å². The Morgan fingerprint density at radius 3 is 2.06 bits per heavy atom. The number of hydrogen-bond donors (Lipinski definition) is 3.